The Bertz CT molecular complexity index is 454. The Balaban J connectivity index is 2.29. The molecule has 0 atom stereocenters. The molecule has 0 aliphatic heterocycles. The minimum Gasteiger partial charge on any atom is -0.853 e. The van der Waals surface area contributed by atoms with Gasteiger partial charge in [-0.2, -0.15) is 0 Å². The number of hydrogen-bond acceptors (Lipinski definition) is 3. The van der Waals surface area contributed by atoms with Gasteiger partial charge in [0, 0.05) is 18.3 Å². The molecule has 4 nitrogen and oxygen atoms in total. The first-order valence-corrected chi connectivity index (χ1v) is 4.50. The van der Waals surface area contributed by atoms with E-state index in [4.69, 9.17) is 0 Å². The highest BCUT2D eigenvalue weighted by atomic mass is 16.3. The number of aromatic nitrogens is 2. The van der Waals surface area contributed by atoms with Gasteiger partial charge in [-0.05, 0) is 17.2 Å². The molecule has 2 rings (SSSR count). The second-order valence-electron chi connectivity index (χ2n) is 2.88. The van der Waals surface area contributed by atoms with Gasteiger partial charge in [0.05, 0.1) is 11.6 Å². The fourth-order valence-corrected chi connectivity index (χ4v) is 1.10. The largest absolute Gasteiger partial charge is 0.853 e. The monoisotopic (exact) mass is 199 g/mol. The Morgan fingerprint density at radius 1 is 1.13 bits per heavy atom. The van der Waals surface area contributed by atoms with Gasteiger partial charge in [0.1, 0.15) is 0 Å². The summed E-state index contributed by atoms with van der Waals surface area (Å²) in [5.41, 5.74) is 0.342. The van der Waals surface area contributed by atoms with E-state index in [1.807, 2.05) is 6.07 Å². The van der Waals surface area contributed by atoms with Gasteiger partial charge in [0.25, 0.3) is 0 Å². The number of nitrogens with zero attached hydrogens (tertiary/aromatic N) is 3. The smallest absolute Gasteiger partial charge is 0.202 e. The molecule has 0 aromatic carbocycles. The molecule has 0 amide bonds. The van der Waals surface area contributed by atoms with E-state index in [-0.39, 0.29) is 5.90 Å². The zero-order valence-corrected chi connectivity index (χ0v) is 7.95. The van der Waals surface area contributed by atoms with Crippen molar-refractivity contribution in [2.45, 2.75) is 0 Å². The summed E-state index contributed by atoms with van der Waals surface area (Å²) >= 11 is 0. The minimum atomic E-state index is -0.355. The van der Waals surface area contributed by atoms with Gasteiger partial charge in [0.2, 0.25) is 12.4 Å². The highest BCUT2D eigenvalue weighted by Gasteiger charge is 1.97. The lowest BCUT2D eigenvalue weighted by atomic mass is 10.3. The summed E-state index contributed by atoms with van der Waals surface area (Å²) in [4.78, 5) is 3.92. The molecule has 0 saturated heterocycles. The van der Waals surface area contributed by atoms with Crippen molar-refractivity contribution in [3.05, 3.63) is 60.7 Å². The molecule has 2 aromatic rings. The third kappa shape index (κ3) is 2.37. The first kappa shape index (κ1) is 9.33. The van der Waals surface area contributed by atoms with Crippen molar-refractivity contribution in [3.63, 3.8) is 0 Å². The topological polar surface area (TPSA) is 52.2 Å². The average Bonchev–Trinajstić information content (AvgIpc) is 2.31. The lowest BCUT2D eigenvalue weighted by Crippen LogP contribution is -2.33. The summed E-state index contributed by atoms with van der Waals surface area (Å²) in [5, 5.41) is 15.4. The summed E-state index contributed by atoms with van der Waals surface area (Å²) in [7, 11) is 0. The first-order valence-electron chi connectivity index (χ1n) is 4.50. The molecule has 4 heteroatoms. The third-order valence-corrected chi connectivity index (χ3v) is 1.79. The van der Waals surface area contributed by atoms with Crippen molar-refractivity contribution >= 4 is 5.90 Å². The summed E-state index contributed by atoms with van der Waals surface area (Å²) < 4.78 is 1.46. The number of pyridine rings is 2. The van der Waals surface area contributed by atoms with Crippen molar-refractivity contribution in [2.75, 3.05) is 0 Å². The molecule has 0 fully saturated rings. The highest BCUT2D eigenvalue weighted by Crippen LogP contribution is 1.91. The second kappa shape index (κ2) is 4.32. The molecule has 0 radical (unpaired) electrons. The van der Waals surface area contributed by atoms with E-state index in [9.17, 15) is 5.11 Å². The van der Waals surface area contributed by atoms with Crippen LogP contribution in [-0.4, -0.2) is 10.9 Å². The molecule has 0 saturated carbocycles. The van der Waals surface area contributed by atoms with Crippen LogP contribution in [0.2, 0.25) is 0 Å². The summed E-state index contributed by atoms with van der Waals surface area (Å²) in [6.45, 7) is 0. The van der Waals surface area contributed by atoms with Crippen LogP contribution in [0.5, 0.6) is 0 Å². The standard InChI is InChI=1S/C11H9N3O/c15-11(10-6-2-3-7-12-10)13-14-8-4-1-5-9-14/h1-9H. The van der Waals surface area contributed by atoms with Crippen LogP contribution in [0, 0.1) is 0 Å². The van der Waals surface area contributed by atoms with E-state index in [1.165, 1.54) is 4.68 Å². The predicted molar refractivity (Wildman–Crippen MR) is 52.8 cm³/mol. The molecule has 15 heavy (non-hydrogen) atoms. The van der Waals surface area contributed by atoms with Crippen LogP contribution in [0.1, 0.15) is 5.69 Å². The molecule has 0 spiro atoms. The maximum Gasteiger partial charge on any atom is 0.202 e. The predicted octanol–water partition coefficient (Wildman–Crippen LogP) is -0.0607. The first-order chi connectivity index (χ1) is 7.36. The van der Waals surface area contributed by atoms with Gasteiger partial charge < -0.3 is 5.11 Å². The van der Waals surface area contributed by atoms with Crippen LogP contribution in [0.25, 0.3) is 0 Å². The zero-order chi connectivity index (χ0) is 10.5. The number of rotatable bonds is 2. The van der Waals surface area contributed by atoms with E-state index in [1.54, 1.807) is 48.9 Å². The summed E-state index contributed by atoms with van der Waals surface area (Å²) in [6.07, 6.45) is 4.96. The molecule has 0 aliphatic carbocycles. The average molecular weight is 199 g/mol. The van der Waals surface area contributed by atoms with Gasteiger partial charge in [-0.15, -0.1) is 0 Å². The Morgan fingerprint density at radius 3 is 2.60 bits per heavy atom. The molecule has 0 unspecified atom stereocenters. The molecule has 0 bridgehead atoms. The van der Waals surface area contributed by atoms with E-state index in [0.717, 1.165) is 0 Å². The Morgan fingerprint density at radius 2 is 1.93 bits per heavy atom. The second-order valence-corrected chi connectivity index (χ2v) is 2.88. The molecule has 0 aliphatic rings. The van der Waals surface area contributed by atoms with Crippen LogP contribution in [0.3, 0.4) is 0 Å². The molecular weight excluding hydrogens is 190 g/mol. The lowest BCUT2D eigenvalue weighted by Gasteiger charge is -2.04. The summed E-state index contributed by atoms with van der Waals surface area (Å²) in [5.74, 6) is -0.355. The molecule has 2 aromatic heterocycles. The highest BCUT2D eigenvalue weighted by molar-refractivity contribution is 5.87. The Hall–Kier alpha value is -2.23. The Labute approximate surface area is 87.2 Å². The van der Waals surface area contributed by atoms with Crippen molar-refractivity contribution in [1.29, 1.82) is 0 Å². The normalized spacial score (nSPS) is 11.3. The maximum absolute atomic E-state index is 11.6. The van der Waals surface area contributed by atoms with Crippen LogP contribution in [-0.2, 0) is 0 Å². The number of hydrogen-bond donors (Lipinski definition) is 0. The van der Waals surface area contributed by atoms with Crippen molar-refractivity contribution < 1.29 is 9.78 Å². The molecular formula is C11H9N3O. The van der Waals surface area contributed by atoms with Crippen molar-refractivity contribution in [2.24, 2.45) is 5.10 Å². The van der Waals surface area contributed by atoms with Crippen LogP contribution in [0.15, 0.2) is 60.1 Å². The van der Waals surface area contributed by atoms with E-state index in [0.29, 0.717) is 5.69 Å². The lowest BCUT2D eigenvalue weighted by molar-refractivity contribution is -0.681. The van der Waals surface area contributed by atoms with Gasteiger partial charge in [-0.25, -0.2) is 0 Å². The Kier molecular flexibility index (Phi) is 2.69. The summed E-state index contributed by atoms with van der Waals surface area (Å²) in [6, 6.07) is 10.6. The minimum absolute atomic E-state index is 0.342. The van der Waals surface area contributed by atoms with Crippen molar-refractivity contribution in [1.82, 2.24) is 4.98 Å². The molecule has 0 N–H and O–H groups in total. The van der Waals surface area contributed by atoms with Crippen molar-refractivity contribution in [3.8, 4) is 0 Å². The van der Waals surface area contributed by atoms with E-state index < -0.39 is 0 Å². The van der Waals surface area contributed by atoms with Gasteiger partial charge in [0.15, 0.2) is 0 Å². The third-order valence-electron chi connectivity index (χ3n) is 1.79. The van der Waals surface area contributed by atoms with Gasteiger partial charge >= 0.3 is 0 Å². The van der Waals surface area contributed by atoms with Gasteiger partial charge in [-0.3, -0.25) is 4.98 Å². The van der Waals surface area contributed by atoms with E-state index in [2.05, 4.69) is 10.1 Å². The van der Waals surface area contributed by atoms with Crippen LogP contribution < -0.4 is 9.78 Å². The van der Waals surface area contributed by atoms with Gasteiger partial charge in [-0.1, -0.05) is 16.8 Å². The maximum atomic E-state index is 11.6. The fraction of sp³-hybridized carbons (Fsp3) is 0. The SMILES string of the molecule is [O-]/C(=N\[n+]1ccccc1)c1ccccn1. The quantitative estimate of drug-likeness (QED) is 0.386. The van der Waals surface area contributed by atoms with Crippen LogP contribution in [0.4, 0.5) is 0 Å². The van der Waals surface area contributed by atoms with E-state index >= 15 is 0 Å². The van der Waals surface area contributed by atoms with Crippen LogP contribution >= 0.6 is 0 Å². The molecule has 2 heterocycles. The zero-order valence-electron chi connectivity index (χ0n) is 7.95. The molecule has 74 valence electrons. The fourth-order valence-electron chi connectivity index (χ4n) is 1.10.